The first-order chi connectivity index (χ1) is 26.5. The minimum atomic E-state index is -4.82. The lowest BCUT2D eigenvalue weighted by molar-refractivity contribution is -0.161. The number of aliphatic hydroxyl groups excluding tert-OH is 2. The maximum Gasteiger partial charge on any atom is 0.469 e. The zero-order valence-electron chi connectivity index (χ0n) is 35.0. The zero-order valence-corrected chi connectivity index (χ0v) is 35.9. The van der Waals surface area contributed by atoms with Gasteiger partial charge in [0.1, 0.15) is 6.61 Å². The van der Waals surface area contributed by atoms with Gasteiger partial charge in [0.05, 0.1) is 18.8 Å². The second-order valence-electron chi connectivity index (χ2n) is 15.2. The van der Waals surface area contributed by atoms with E-state index in [1.54, 1.807) is 0 Å². The number of ether oxygens (including phenoxy) is 2. The molecule has 0 radical (unpaired) electrons. The molecule has 11 heteroatoms. The van der Waals surface area contributed by atoms with Gasteiger partial charge < -0.3 is 29.5 Å². The quantitative estimate of drug-likeness (QED) is 0.0204. The number of hydrogen-bond acceptors (Lipinski definition) is 8. The van der Waals surface area contributed by atoms with Crippen LogP contribution >= 0.6 is 7.82 Å². The van der Waals surface area contributed by atoms with Crippen LogP contribution in [0.25, 0.3) is 0 Å². The van der Waals surface area contributed by atoms with E-state index in [-0.39, 0.29) is 25.7 Å². The van der Waals surface area contributed by atoms with E-state index >= 15 is 0 Å². The predicted octanol–water partition coefficient (Wildman–Crippen LogP) is 11.1. The number of allylic oxidation sites excluding steroid dienone is 5. The largest absolute Gasteiger partial charge is 0.469 e. The van der Waals surface area contributed by atoms with Crippen LogP contribution in [0.3, 0.4) is 0 Å². The SMILES string of the molecule is CCCCC/C=C\C/C=C\C/C=C\CC(O)C(O)CCCC(=O)OC[C@H](COP(=O)(O)O)OC(=O)CCCCCCCCCCCCCCCCC(C)CC. The Morgan fingerprint density at radius 1 is 0.600 bits per heavy atom. The molecule has 0 aliphatic heterocycles. The van der Waals surface area contributed by atoms with Crippen molar-refractivity contribution in [3.63, 3.8) is 0 Å². The number of phosphoric ester groups is 1. The Hall–Kier alpha value is -1.81. The van der Waals surface area contributed by atoms with E-state index in [1.165, 1.54) is 96.3 Å². The van der Waals surface area contributed by atoms with Gasteiger partial charge in [0.2, 0.25) is 0 Å². The Balaban J connectivity index is 4.12. The summed E-state index contributed by atoms with van der Waals surface area (Å²) < 4.78 is 26.3. The van der Waals surface area contributed by atoms with Crippen LogP contribution in [0, 0.1) is 5.92 Å². The van der Waals surface area contributed by atoms with Gasteiger partial charge in [-0.15, -0.1) is 0 Å². The fourth-order valence-corrected chi connectivity index (χ4v) is 6.46. The first kappa shape index (κ1) is 53.2. The van der Waals surface area contributed by atoms with Crippen molar-refractivity contribution >= 4 is 19.8 Å². The maximum atomic E-state index is 12.4. The number of phosphoric acid groups is 1. The van der Waals surface area contributed by atoms with Crippen LogP contribution in [0.1, 0.15) is 194 Å². The summed E-state index contributed by atoms with van der Waals surface area (Å²) in [6.07, 6.45) is 36.1. The third kappa shape index (κ3) is 38.8. The molecule has 0 rings (SSSR count). The standard InChI is InChI=1S/C44H81O10P/c1-4-6-7-8-9-10-11-17-20-23-26-29-33-41(45)42(46)34-31-36-43(47)52-37-40(38-53-55(49,50)51)54-44(48)35-30-27-24-21-18-15-13-12-14-16-19-22-25-28-32-39(3)5-2/h9-10,17,20,26,29,39-42,45-46H,4-8,11-16,18-19,21-25,27-28,30-38H2,1-3H3,(H2,49,50,51)/b10-9-,20-17-,29-26-/t39?,40-,41?,42?/m1/s1. The average Bonchev–Trinajstić information content (AvgIpc) is 3.15. The van der Waals surface area contributed by atoms with Crippen molar-refractivity contribution in [3.8, 4) is 0 Å². The summed E-state index contributed by atoms with van der Waals surface area (Å²) in [5, 5.41) is 20.5. The van der Waals surface area contributed by atoms with E-state index in [2.05, 4.69) is 49.6 Å². The van der Waals surface area contributed by atoms with Crippen molar-refractivity contribution in [1.82, 2.24) is 0 Å². The third-order valence-electron chi connectivity index (χ3n) is 9.90. The van der Waals surface area contributed by atoms with Crippen LogP contribution in [0.15, 0.2) is 36.5 Å². The Morgan fingerprint density at radius 3 is 1.69 bits per heavy atom. The maximum absolute atomic E-state index is 12.4. The number of carbonyl (C=O) groups is 2. The van der Waals surface area contributed by atoms with E-state index in [0.717, 1.165) is 44.4 Å². The highest BCUT2D eigenvalue weighted by molar-refractivity contribution is 7.46. The Morgan fingerprint density at radius 2 is 1.13 bits per heavy atom. The molecule has 0 aromatic rings. The van der Waals surface area contributed by atoms with Crippen molar-refractivity contribution < 1.29 is 48.2 Å². The zero-order chi connectivity index (χ0) is 40.8. The topological polar surface area (TPSA) is 160 Å². The fourth-order valence-electron chi connectivity index (χ4n) is 6.10. The summed E-state index contributed by atoms with van der Waals surface area (Å²) in [6, 6.07) is 0. The van der Waals surface area contributed by atoms with E-state index in [4.69, 9.17) is 19.3 Å². The van der Waals surface area contributed by atoms with E-state index in [9.17, 15) is 24.4 Å². The molecule has 4 N–H and O–H groups in total. The molecule has 0 aromatic carbocycles. The highest BCUT2D eigenvalue weighted by Crippen LogP contribution is 2.36. The summed E-state index contributed by atoms with van der Waals surface area (Å²) in [4.78, 5) is 42.9. The molecule has 0 saturated heterocycles. The number of esters is 2. The van der Waals surface area contributed by atoms with E-state index < -0.39 is 51.3 Å². The third-order valence-corrected chi connectivity index (χ3v) is 10.4. The van der Waals surface area contributed by atoms with Crippen LogP contribution in [0.4, 0.5) is 0 Å². The molecule has 3 unspecified atom stereocenters. The molecule has 0 bridgehead atoms. The monoisotopic (exact) mass is 801 g/mol. The fraction of sp³-hybridized carbons (Fsp3) is 0.818. The molecule has 0 amide bonds. The average molecular weight is 801 g/mol. The Bertz CT molecular complexity index is 1040. The van der Waals surface area contributed by atoms with Crippen molar-refractivity contribution in [2.75, 3.05) is 13.2 Å². The summed E-state index contributed by atoms with van der Waals surface area (Å²) in [7, 11) is -4.82. The lowest BCUT2D eigenvalue weighted by Crippen LogP contribution is -2.29. The van der Waals surface area contributed by atoms with E-state index in [0.29, 0.717) is 12.8 Å². The van der Waals surface area contributed by atoms with Crippen LogP contribution in [0.2, 0.25) is 0 Å². The lowest BCUT2D eigenvalue weighted by Gasteiger charge is -2.19. The number of hydrogen-bond donors (Lipinski definition) is 4. The van der Waals surface area contributed by atoms with Crippen LogP contribution < -0.4 is 0 Å². The number of aliphatic hydroxyl groups is 2. The van der Waals surface area contributed by atoms with Gasteiger partial charge in [0, 0.05) is 12.8 Å². The van der Waals surface area contributed by atoms with Gasteiger partial charge in [-0.25, -0.2) is 4.57 Å². The lowest BCUT2D eigenvalue weighted by atomic mass is 9.99. The first-order valence-corrected chi connectivity index (χ1v) is 23.4. The minimum absolute atomic E-state index is 0.0454. The molecule has 0 aromatic heterocycles. The molecule has 0 saturated carbocycles. The number of carbonyl (C=O) groups excluding carboxylic acids is 2. The molecule has 0 aliphatic carbocycles. The van der Waals surface area contributed by atoms with Gasteiger partial charge in [0.25, 0.3) is 0 Å². The van der Waals surface area contributed by atoms with Crippen molar-refractivity contribution in [2.45, 2.75) is 212 Å². The second kappa shape index (κ2) is 37.7. The highest BCUT2D eigenvalue weighted by atomic mass is 31.2. The van der Waals surface area contributed by atoms with Crippen molar-refractivity contribution in [1.29, 1.82) is 0 Å². The molecule has 0 heterocycles. The summed E-state index contributed by atoms with van der Waals surface area (Å²) in [6.45, 7) is 5.78. The normalized spacial score (nSPS) is 14.5. The minimum Gasteiger partial charge on any atom is -0.462 e. The molecule has 0 aliphatic rings. The van der Waals surface area contributed by atoms with Crippen LogP contribution in [-0.2, 0) is 28.2 Å². The number of rotatable bonds is 39. The molecule has 0 fully saturated rings. The predicted molar refractivity (Wildman–Crippen MR) is 223 cm³/mol. The first-order valence-electron chi connectivity index (χ1n) is 21.8. The van der Waals surface area contributed by atoms with Crippen molar-refractivity contribution in [2.24, 2.45) is 5.92 Å². The molecule has 55 heavy (non-hydrogen) atoms. The summed E-state index contributed by atoms with van der Waals surface area (Å²) >= 11 is 0. The van der Waals surface area contributed by atoms with Gasteiger partial charge in [-0.05, 0) is 57.3 Å². The Labute approximate surface area is 335 Å². The Kier molecular flexibility index (Phi) is 36.5. The van der Waals surface area contributed by atoms with Gasteiger partial charge in [0.15, 0.2) is 6.10 Å². The van der Waals surface area contributed by atoms with Crippen molar-refractivity contribution in [3.05, 3.63) is 36.5 Å². The van der Waals surface area contributed by atoms with Gasteiger partial charge in [-0.1, -0.05) is 166 Å². The summed E-state index contributed by atoms with van der Waals surface area (Å²) in [5.41, 5.74) is 0. The van der Waals surface area contributed by atoms with E-state index in [1.807, 2.05) is 12.2 Å². The number of unbranched alkanes of at least 4 members (excludes halogenated alkanes) is 16. The molecular formula is C44H81O10P. The van der Waals surface area contributed by atoms with Crippen LogP contribution in [0.5, 0.6) is 0 Å². The smallest absolute Gasteiger partial charge is 0.462 e. The molecule has 10 nitrogen and oxygen atoms in total. The summed E-state index contributed by atoms with van der Waals surface area (Å²) in [5.74, 6) is -0.296. The molecule has 0 spiro atoms. The second-order valence-corrected chi connectivity index (χ2v) is 16.5. The van der Waals surface area contributed by atoms with Crippen LogP contribution in [-0.4, -0.2) is 63.5 Å². The van der Waals surface area contributed by atoms with Gasteiger partial charge >= 0.3 is 19.8 Å². The van der Waals surface area contributed by atoms with Gasteiger partial charge in [-0.3, -0.25) is 14.1 Å². The molecule has 4 atom stereocenters. The molecular weight excluding hydrogens is 719 g/mol. The molecule has 322 valence electrons. The highest BCUT2D eigenvalue weighted by Gasteiger charge is 2.23. The van der Waals surface area contributed by atoms with Gasteiger partial charge in [-0.2, -0.15) is 0 Å².